The van der Waals surface area contributed by atoms with Gasteiger partial charge in [0, 0.05) is 7.26 Å². The Morgan fingerprint density at radius 1 is 1.00 bits per heavy atom. The van der Waals surface area contributed by atoms with Crippen LogP contribution >= 0.6 is 14.1 Å². The van der Waals surface area contributed by atoms with Gasteiger partial charge in [0.25, 0.3) is 0 Å². The maximum absolute atomic E-state index is 2.60. The molecule has 0 radical (unpaired) electrons. The van der Waals surface area contributed by atoms with Gasteiger partial charge in [-0.25, -0.2) is 0 Å². The van der Waals surface area contributed by atoms with Crippen LogP contribution in [0.5, 0.6) is 0 Å². The van der Waals surface area contributed by atoms with E-state index in [-0.39, 0.29) is 4.70 Å². The fraction of sp³-hybridized carbons (Fsp3) is 0.857. The summed E-state index contributed by atoms with van der Waals surface area (Å²) >= 11 is 0. The number of halogens is 1. The Kier molecular flexibility index (Phi) is 5.15. The zero-order valence-electron chi connectivity index (χ0n) is 7.85. The highest BCUT2D eigenvalue weighted by molar-refractivity contribution is 8.00. The highest BCUT2D eigenvalue weighted by Crippen LogP contribution is 2.51. The van der Waals surface area contributed by atoms with Crippen LogP contribution in [0.25, 0.3) is 0 Å². The van der Waals surface area contributed by atoms with Gasteiger partial charge in [0.1, 0.15) is 0 Å². The van der Waals surface area contributed by atoms with Crippen molar-refractivity contribution in [2.24, 2.45) is 0 Å². The van der Waals surface area contributed by atoms with Gasteiger partial charge in [-0.15, -0.1) is 0 Å². The Labute approximate surface area is 65.1 Å². The van der Waals surface area contributed by atoms with Gasteiger partial charge in [-0.05, 0) is 20.0 Å². The van der Waals surface area contributed by atoms with Gasteiger partial charge < -0.3 is 4.70 Å². The number of hydrogen-bond donors (Lipinski definition) is 0. The monoisotopic (exact) mass is 184 g/mol. The molecule has 10 heavy (non-hydrogen) atoms. The standard InChI is InChI=1S/C7H19P2.FH/c1-8(2,3)7-9(4,5)6;/h7H,1-6H3;1H/q+1;/p-1. The summed E-state index contributed by atoms with van der Waals surface area (Å²) in [5.41, 5.74) is 2.60. The lowest BCUT2D eigenvalue weighted by Gasteiger charge is -2.11. The van der Waals surface area contributed by atoms with Gasteiger partial charge in [0.15, 0.2) is 0 Å². The first kappa shape index (κ1) is 13.3. The second-order valence-electron chi connectivity index (χ2n) is 4.35. The van der Waals surface area contributed by atoms with Crippen LogP contribution in [0, 0.1) is 0 Å². The van der Waals surface area contributed by atoms with E-state index in [1.54, 1.807) is 0 Å². The van der Waals surface area contributed by atoms with Gasteiger partial charge in [-0.3, -0.25) is 0 Å². The molecule has 0 unspecified atom stereocenters. The molecule has 0 nitrogen and oxygen atoms in total. The van der Waals surface area contributed by atoms with Crippen LogP contribution in [0.1, 0.15) is 0 Å². The van der Waals surface area contributed by atoms with E-state index in [0.717, 1.165) is 0 Å². The van der Waals surface area contributed by atoms with Crippen LogP contribution in [-0.4, -0.2) is 45.5 Å². The molecule has 0 heterocycles. The molecule has 0 aliphatic rings. The van der Waals surface area contributed by atoms with Crippen LogP contribution in [0.3, 0.4) is 0 Å². The lowest BCUT2D eigenvalue weighted by Crippen LogP contribution is -3.00. The molecule has 0 rings (SSSR count). The van der Waals surface area contributed by atoms with E-state index in [1.165, 1.54) is 0 Å². The van der Waals surface area contributed by atoms with E-state index in [9.17, 15) is 0 Å². The average molecular weight is 184 g/mol. The summed E-state index contributed by atoms with van der Waals surface area (Å²) in [6.45, 7) is 13.6. The van der Waals surface area contributed by atoms with Crippen molar-refractivity contribution in [1.29, 1.82) is 0 Å². The molecular formula is C7H19FP2. The Balaban J connectivity index is 0. The largest absolute Gasteiger partial charge is 1.00 e. The predicted octanol–water partition coefficient (Wildman–Crippen LogP) is -0.436. The topological polar surface area (TPSA) is 0 Å². The van der Waals surface area contributed by atoms with Gasteiger partial charge >= 0.3 is 0 Å². The minimum atomic E-state index is -0.613. The Hall–Kier alpha value is 0.660. The molecule has 64 valence electrons. The molecule has 0 aliphatic carbocycles. The van der Waals surface area contributed by atoms with Crippen LogP contribution in [-0.2, 0) is 0 Å². The van der Waals surface area contributed by atoms with E-state index in [0.29, 0.717) is 0 Å². The molecule has 0 aromatic rings. The minimum Gasteiger partial charge on any atom is -1.00 e. The summed E-state index contributed by atoms with van der Waals surface area (Å²) in [5, 5.41) is 0. The van der Waals surface area contributed by atoms with Crippen molar-refractivity contribution >= 4 is 19.7 Å². The Morgan fingerprint density at radius 2 is 1.30 bits per heavy atom. The average Bonchev–Trinajstić information content (AvgIpc) is 1.14. The molecule has 0 saturated carbocycles. The second-order valence-corrected chi connectivity index (χ2v) is 13.7. The molecule has 0 bridgehead atoms. The fourth-order valence-electron chi connectivity index (χ4n) is 1.04. The molecule has 0 amide bonds. The molecular weight excluding hydrogens is 165 g/mol. The summed E-state index contributed by atoms with van der Waals surface area (Å²) in [4.78, 5) is 0. The van der Waals surface area contributed by atoms with Gasteiger partial charge in [-0.2, -0.15) is 0 Å². The molecule has 0 aromatic heterocycles. The second kappa shape index (κ2) is 3.88. The normalized spacial score (nSPS) is 12.2. The van der Waals surface area contributed by atoms with Crippen molar-refractivity contribution in [2.45, 2.75) is 0 Å². The predicted molar refractivity (Wildman–Crippen MR) is 55.4 cm³/mol. The number of hydrogen-bond acceptors (Lipinski definition) is 0. The lowest BCUT2D eigenvalue weighted by molar-refractivity contribution is -0.00000240. The summed E-state index contributed by atoms with van der Waals surface area (Å²) in [5.74, 6) is 0. The summed E-state index contributed by atoms with van der Waals surface area (Å²) < 4.78 is 0. The van der Waals surface area contributed by atoms with Crippen LogP contribution < -0.4 is 4.70 Å². The van der Waals surface area contributed by atoms with Crippen LogP contribution in [0.15, 0.2) is 0 Å². The molecule has 0 fully saturated rings. The van der Waals surface area contributed by atoms with Crippen molar-refractivity contribution in [3.63, 3.8) is 0 Å². The molecule has 0 saturated heterocycles. The first-order valence-corrected chi connectivity index (χ1v) is 9.60. The Bertz CT molecular complexity index is 130. The third-order valence-electron chi connectivity index (χ3n) is 0.693. The van der Waals surface area contributed by atoms with E-state index in [1.807, 2.05) is 0 Å². The lowest BCUT2D eigenvalue weighted by atomic mass is 11.8. The highest BCUT2D eigenvalue weighted by atomic mass is 31.2. The molecule has 0 N–H and O–H groups in total. The van der Waals surface area contributed by atoms with E-state index < -0.39 is 14.1 Å². The summed E-state index contributed by atoms with van der Waals surface area (Å²) in [7, 11) is -0.613. The van der Waals surface area contributed by atoms with Crippen LogP contribution in [0.2, 0.25) is 0 Å². The molecule has 3 heteroatoms. The van der Waals surface area contributed by atoms with Crippen molar-refractivity contribution in [2.75, 3.05) is 40.0 Å². The van der Waals surface area contributed by atoms with Crippen LogP contribution in [0.4, 0.5) is 0 Å². The fourth-order valence-corrected chi connectivity index (χ4v) is 9.35. The Morgan fingerprint density at radius 3 is 1.30 bits per heavy atom. The quantitative estimate of drug-likeness (QED) is 0.485. The maximum Gasteiger partial charge on any atom is 0.0525 e. The SMILES string of the molecule is CP(C)(C)=C[P+](C)(C)C.[F-]. The smallest absolute Gasteiger partial charge is 0.0525 e. The first-order chi connectivity index (χ1) is 3.71. The molecule has 0 aliphatic heterocycles. The maximum atomic E-state index is 2.60. The van der Waals surface area contributed by atoms with Crippen molar-refractivity contribution in [1.82, 2.24) is 0 Å². The summed E-state index contributed by atoms with van der Waals surface area (Å²) in [6.07, 6.45) is 0. The zero-order valence-corrected chi connectivity index (χ0v) is 9.64. The molecule has 0 atom stereocenters. The van der Waals surface area contributed by atoms with Crippen molar-refractivity contribution in [3.05, 3.63) is 0 Å². The molecule has 0 aromatic carbocycles. The third-order valence-corrected chi connectivity index (χ3v) is 6.24. The van der Waals surface area contributed by atoms with E-state index in [2.05, 4.69) is 45.5 Å². The summed E-state index contributed by atoms with van der Waals surface area (Å²) in [6, 6.07) is 0. The van der Waals surface area contributed by atoms with Gasteiger partial charge in [-0.1, -0.05) is 6.89 Å². The number of rotatable bonds is 1. The third kappa shape index (κ3) is 11.5. The van der Waals surface area contributed by atoms with Gasteiger partial charge in [0.2, 0.25) is 0 Å². The van der Waals surface area contributed by atoms with Crippen molar-refractivity contribution < 1.29 is 4.70 Å². The van der Waals surface area contributed by atoms with E-state index >= 15 is 0 Å². The van der Waals surface area contributed by atoms with Gasteiger partial charge in [0.05, 0.1) is 25.5 Å². The minimum absolute atomic E-state index is 0. The highest BCUT2D eigenvalue weighted by Gasteiger charge is 2.14. The first-order valence-electron chi connectivity index (χ1n) is 3.20. The molecule has 0 spiro atoms. The van der Waals surface area contributed by atoms with E-state index in [4.69, 9.17) is 0 Å². The zero-order chi connectivity index (χ0) is 7.71. The van der Waals surface area contributed by atoms with Crippen molar-refractivity contribution in [3.8, 4) is 0 Å².